The van der Waals surface area contributed by atoms with Gasteiger partial charge in [0.15, 0.2) is 0 Å². The van der Waals surface area contributed by atoms with E-state index in [0.29, 0.717) is 6.54 Å². The Morgan fingerprint density at radius 3 is 2.88 bits per heavy atom. The minimum Gasteiger partial charge on any atom is -0.394 e. The Bertz CT molecular complexity index is 352. The van der Waals surface area contributed by atoms with E-state index in [0.717, 1.165) is 6.54 Å². The molecule has 0 bridgehead atoms. The summed E-state index contributed by atoms with van der Waals surface area (Å²) < 4.78 is 0. The lowest BCUT2D eigenvalue weighted by Crippen LogP contribution is -2.28. The van der Waals surface area contributed by atoms with Crippen LogP contribution < -0.4 is 5.32 Å². The summed E-state index contributed by atoms with van der Waals surface area (Å²) in [7, 11) is 0. The van der Waals surface area contributed by atoms with Crippen LogP contribution in [0.1, 0.15) is 23.1 Å². The molecule has 0 saturated heterocycles. The predicted molar refractivity (Wildman–Crippen MR) is 63.3 cm³/mol. The van der Waals surface area contributed by atoms with Crippen LogP contribution in [-0.4, -0.2) is 29.5 Å². The molecule has 3 N–H and O–H groups in total. The molecule has 1 aliphatic rings. The molecule has 1 atom stereocenters. The quantitative estimate of drug-likeness (QED) is 0.683. The number of aliphatic hydroxyl groups excluding tert-OH is 2. The van der Waals surface area contributed by atoms with Crippen LogP contribution in [0.2, 0.25) is 0 Å². The highest BCUT2D eigenvalue weighted by atomic mass is 16.3. The number of hydrogen-bond donors (Lipinski definition) is 3. The number of fused-ring (bicyclic) bond motifs is 1. The molecule has 3 nitrogen and oxygen atoms in total. The second kappa shape index (κ2) is 5.43. The topological polar surface area (TPSA) is 52.5 Å². The number of benzene rings is 1. The van der Waals surface area contributed by atoms with E-state index in [4.69, 9.17) is 5.11 Å². The van der Waals surface area contributed by atoms with Crippen LogP contribution in [0, 0.1) is 0 Å². The van der Waals surface area contributed by atoms with Gasteiger partial charge in [-0.25, -0.2) is 0 Å². The molecule has 1 aromatic carbocycles. The van der Waals surface area contributed by atoms with E-state index in [9.17, 15) is 5.11 Å². The molecule has 2 rings (SSSR count). The molecule has 0 saturated carbocycles. The standard InChI is InChI=1S/C13H19NO2/c15-9-13(16)8-14-7-10-4-5-11-2-1-3-12(11)6-10/h4-6,13-16H,1-3,7-9H2. The van der Waals surface area contributed by atoms with Crippen LogP contribution in [0.3, 0.4) is 0 Å². The van der Waals surface area contributed by atoms with Crippen molar-refractivity contribution < 1.29 is 10.2 Å². The van der Waals surface area contributed by atoms with Gasteiger partial charge < -0.3 is 15.5 Å². The average molecular weight is 221 g/mol. The highest BCUT2D eigenvalue weighted by molar-refractivity contribution is 5.35. The van der Waals surface area contributed by atoms with Gasteiger partial charge in [0, 0.05) is 13.1 Å². The van der Waals surface area contributed by atoms with Crippen LogP contribution in [0.25, 0.3) is 0 Å². The van der Waals surface area contributed by atoms with Gasteiger partial charge in [-0.2, -0.15) is 0 Å². The third-order valence-corrected chi connectivity index (χ3v) is 3.08. The van der Waals surface area contributed by atoms with Crippen molar-refractivity contribution >= 4 is 0 Å². The molecule has 0 spiro atoms. The van der Waals surface area contributed by atoms with Crippen LogP contribution in [0.15, 0.2) is 18.2 Å². The third-order valence-electron chi connectivity index (χ3n) is 3.08. The second-order valence-electron chi connectivity index (χ2n) is 4.42. The maximum atomic E-state index is 9.18. The molecule has 0 fully saturated rings. The zero-order valence-corrected chi connectivity index (χ0v) is 9.45. The Morgan fingerprint density at radius 2 is 2.06 bits per heavy atom. The molecule has 0 radical (unpaired) electrons. The lowest BCUT2D eigenvalue weighted by molar-refractivity contribution is 0.0942. The van der Waals surface area contributed by atoms with E-state index in [-0.39, 0.29) is 6.61 Å². The summed E-state index contributed by atoms with van der Waals surface area (Å²) in [4.78, 5) is 0. The zero-order valence-electron chi connectivity index (χ0n) is 9.45. The first-order valence-corrected chi connectivity index (χ1v) is 5.90. The van der Waals surface area contributed by atoms with Gasteiger partial charge in [0.1, 0.15) is 0 Å². The first-order valence-electron chi connectivity index (χ1n) is 5.90. The molecule has 16 heavy (non-hydrogen) atoms. The maximum Gasteiger partial charge on any atom is 0.0895 e. The Kier molecular flexibility index (Phi) is 3.93. The van der Waals surface area contributed by atoms with Crippen molar-refractivity contribution in [2.75, 3.05) is 13.2 Å². The van der Waals surface area contributed by atoms with E-state index >= 15 is 0 Å². The molecule has 3 heteroatoms. The van der Waals surface area contributed by atoms with Gasteiger partial charge in [-0.15, -0.1) is 0 Å². The predicted octanol–water partition coefficient (Wildman–Crippen LogP) is 0.618. The van der Waals surface area contributed by atoms with E-state index < -0.39 is 6.10 Å². The molecule has 0 aromatic heterocycles. The van der Waals surface area contributed by atoms with Crippen molar-refractivity contribution in [2.24, 2.45) is 0 Å². The number of hydrogen-bond acceptors (Lipinski definition) is 3. The lowest BCUT2D eigenvalue weighted by Gasteiger charge is -2.09. The van der Waals surface area contributed by atoms with Crippen molar-refractivity contribution in [3.63, 3.8) is 0 Å². The smallest absolute Gasteiger partial charge is 0.0895 e. The Morgan fingerprint density at radius 1 is 1.25 bits per heavy atom. The first kappa shape index (κ1) is 11.6. The van der Waals surface area contributed by atoms with Crippen LogP contribution in [0.4, 0.5) is 0 Å². The minimum absolute atomic E-state index is 0.183. The zero-order chi connectivity index (χ0) is 11.4. The van der Waals surface area contributed by atoms with Gasteiger partial charge in [0.05, 0.1) is 12.7 Å². The summed E-state index contributed by atoms with van der Waals surface area (Å²) in [6, 6.07) is 6.60. The van der Waals surface area contributed by atoms with Crippen molar-refractivity contribution in [2.45, 2.75) is 31.9 Å². The normalized spacial score (nSPS) is 16.1. The molecule has 0 heterocycles. The maximum absolute atomic E-state index is 9.18. The molecule has 88 valence electrons. The summed E-state index contributed by atoms with van der Waals surface area (Å²) in [5, 5.41) is 21.0. The highest BCUT2D eigenvalue weighted by Gasteiger charge is 2.10. The van der Waals surface area contributed by atoms with Gasteiger partial charge in [-0.3, -0.25) is 0 Å². The third kappa shape index (κ3) is 2.82. The number of rotatable bonds is 5. The summed E-state index contributed by atoms with van der Waals surface area (Å²) in [6.45, 7) is 1.01. The summed E-state index contributed by atoms with van der Waals surface area (Å²) in [5.74, 6) is 0. The Hall–Kier alpha value is -0.900. The van der Waals surface area contributed by atoms with Gasteiger partial charge in [0.2, 0.25) is 0 Å². The Labute approximate surface area is 96.1 Å². The van der Waals surface area contributed by atoms with Crippen LogP contribution in [-0.2, 0) is 19.4 Å². The van der Waals surface area contributed by atoms with Crippen molar-refractivity contribution in [1.82, 2.24) is 5.32 Å². The average Bonchev–Trinajstić information content (AvgIpc) is 2.76. The molecule has 1 aliphatic carbocycles. The molecule has 0 amide bonds. The number of aryl methyl sites for hydroxylation is 2. The molecule has 1 unspecified atom stereocenters. The fraction of sp³-hybridized carbons (Fsp3) is 0.538. The monoisotopic (exact) mass is 221 g/mol. The SMILES string of the molecule is OCC(O)CNCc1ccc2c(c1)CCC2. The molecular formula is C13H19NO2. The molecule has 0 aliphatic heterocycles. The molecular weight excluding hydrogens is 202 g/mol. The summed E-state index contributed by atoms with van der Waals surface area (Å²) >= 11 is 0. The fourth-order valence-corrected chi connectivity index (χ4v) is 2.18. The van der Waals surface area contributed by atoms with Crippen LogP contribution >= 0.6 is 0 Å². The number of aliphatic hydroxyl groups is 2. The van der Waals surface area contributed by atoms with E-state index in [1.165, 1.54) is 36.0 Å². The molecule has 1 aromatic rings. The van der Waals surface area contributed by atoms with E-state index in [2.05, 4.69) is 23.5 Å². The van der Waals surface area contributed by atoms with Crippen molar-refractivity contribution in [1.29, 1.82) is 0 Å². The Balaban J connectivity index is 1.86. The minimum atomic E-state index is -0.658. The second-order valence-corrected chi connectivity index (χ2v) is 4.42. The first-order chi connectivity index (χ1) is 7.79. The summed E-state index contributed by atoms with van der Waals surface area (Å²) in [6.07, 6.45) is 3.03. The largest absolute Gasteiger partial charge is 0.394 e. The van der Waals surface area contributed by atoms with Crippen molar-refractivity contribution in [3.8, 4) is 0 Å². The summed E-state index contributed by atoms with van der Waals surface area (Å²) in [5.41, 5.74) is 4.21. The van der Waals surface area contributed by atoms with E-state index in [1.54, 1.807) is 0 Å². The van der Waals surface area contributed by atoms with Gasteiger partial charge in [-0.05, 0) is 36.0 Å². The van der Waals surface area contributed by atoms with Gasteiger partial charge >= 0.3 is 0 Å². The van der Waals surface area contributed by atoms with Crippen LogP contribution in [0.5, 0.6) is 0 Å². The fourth-order valence-electron chi connectivity index (χ4n) is 2.18. The lowest BCUT2D eigenvalue weighted by atomic mass is 10.1. The van der Waals surface area contributed by atoms with E-state index in [1.807, 2.05) is 0 Å². The van der Waals surface area contributed by atoms with Gasteiger partial charge in [0.25, 0.3) is 0 Å². The highest BCUT2D eigenvalue weighted by Crippen LogP contribution is 2.22. The number of nitrogens with one attached hydrogen (secondary N) is 1. The van der Waals surface area contributed by atoms with Crippen molar-refractivity contribution in [3.05, 3.63) is 34.9 Å². The van der Waals surface area contributed by atoms with Gasteiger partial charge in [-0.1, -0.05) is 18.2 Å².